The summed E-state index contributed by atoms with van der Waals surface area (Å²) < 4.78 is 6.74. The molecule has 8 heteroatoms. The maximum Gasteiger partial charge on any atom is 0.219 e. The van der Waals surface area contributed by atoms with Crippen LogP contribution in [0.3, 0.4) is 0 Å². The minimum atomic E-state index is 0.574. The molecule has 4 aromatic heterocycles. The fourth-order valence-corrected chi connectivity index (χ4v) is 4.30. The summed E-state index contributed by atoms with van der Waals surface area (Å²) in [4.78, 5) is 14.0. The molecule has 4 heterocycles. The number of nitrogens with zero attached hydrogens (tertiary/aromatic N) is 5. The molecule has 5 aromatic rings. The molecule has 0 aliphatic heterocycles. The van der Waals surface area contributed by atoms with Crippen molar-refractivity contribution in [1.82, 2.24) is 25.1 Å². The first kappa shape index (κ1) is 18.4. The van der Waals surface area contributed by atoms with Crippen LogP contribution in [0.1, 0.15) is 16.8 Å². The van der Waals surface area contributed by atoms with Gasteiger partial charge in [-0.15, -0.1) is 16.4 Å². The van der Waals surface area contributed by atoms with E-state index in [0.717, 1.165) is 48.8 Å². The number of aromatic nitrogens is 5. The zero-order chi connectivity index (χ0) is 20.5. The van der Waals surface area contributed by atoms with Crippen molar-refractivity contribution in [2.75, 3.05) is 5.32 Å². The number of benzene rings is 1. The average Bonchev–Trinajstić information content (AvgIpc) is 3.16. The topological polar surface area (TPSA) is 85.7 Å². The van der Waals surface area contributed by atoms with Gasteiger partial charge in [-0.25, -0.2) is 15.0 Å². The minimum Gasteiger partial charge on any atom is -0.439 e. The Morgan fingerprint density at radius 2 is 1.83 bits per heavy atom. The van der Waals surface area contributed by atoms with E-state index in [4.69, 9.17) is 4.74 Å². The Bertz CT molecular complexity index is 1340. The number of pyridine rings is 1. The Balaban J connectivity index is 1.37. The maximum atomic E-state index is 5.74. The molecular weight excluding hydrogens is 396 g/mol. The van der Waals surface area contributed by atoms with Gasteiger partial charge >= 0.3 is 0 Å². The van der Waals surface area contributed by atoms with Gasteiger partial charge < -0.3 is 10.1 Å². The summed E-state index contributed by atoms with van der Waals surface area (Å²) in [5, 5.41) is 13.1. The lowest BCUT2D eigenvalue weighted by Gasteiger charge is -2.08. The number of rotatable bonds is 5. The predicted octanol–water partition coefficient (Wildman–Crippen LogP) is 5.05. The van der Waals surface area contributed by atoms with Crippen LogP contribution in [0.25, 0.3) is 20.4 Å². The number of hydrogen-bond acceptors (Lipinski definition) is 8. The molecule has 0 amide bonds. The van der Waals surface area contributed by atoms with Crippen molar-refractivity contribution < 1.29 is 4.74 Å². The van der Waals surface area contributed by atoms with E-state index in [2.05, 4.69) is 37.4 Å². The van der Waals surface area contributed by atoms with E-state index < -0.39 is 0 Å². The van der Waals surface area contributed by atoms with Gasteiger partial charge in [0.15, 0.2) is 0 Å². The standard InChI is InChI=1S/C22H18N6OS/c1-13-14(2)27-28-22-18(13)19-20(30-22)21(26-12-25-19)24-11-15-6-8-16(9-7-15)29-17-5-3-4-10-23-17/h3-10,12H,11H2,1-2H3,(H,24,25,26). The third-order valence-corrected chi connectivity index (χ3v) is 5.98. The van der Waals surface area contributed by atoms with Crippen molar-refractivity contribution >= 4 is 37.6 Å². The molecule has 0 saturated carbocycles. The highest BCUT2D eigenvalue weighted by atomic mass is 32.1. The number of aryl methyl sites for hydroxylation is 2. The lowest BCUT2D eigenvalue weighted by atomic mass is 10.1. The van der Waals surface area contributed by atoms with E-state index in [-0.39, 0.29) is 0 Å². The molecular formula is C22H18N6OS. The molecule has 30 heavy (non-hydrogen) atoms. The summed E-state index contributed by atoms with van der Waals surface area (Å²) in [5.41, 5.74) is 4.06. The normalized spacial score (nSPS) is 11.1. The van der Waals surface area contributed by atoms with Crippen LogP contribution in [-0.2, 0) is 6.54 Å². The second-order valence-corrected chi connectivity index (χ2v) is 7.86. The molecule has 0 atom stereocenters. The van der Waals surface area contributed by atoms with Crippen LogP contribution in [0, 0.1) is 13.8 Å². The third-order valence-electron chi connectivity index (χ3n) is 4.91. The lowest BCUT2D eigenvalue weighted by Crippen LogP contribution is -2.01. The van der Waals surface area contributed by atoms with Crippen LogP contribution in [0.15, 0.2) is 55.0 Å². The Kier molecular flexibility index (Phi) is 4.68. The van der Waals surface area contributed by atoms with Gasteiger partial charge in [0, 0.05) is 24.2 Å². The molecule has 0 radical (unpaired) electrons. The highest BCUT2D eigenvalue weighted by molar-refractivity contribution is 7.25. The van der Waals surface area contributed by atoms with Crippen molar-refractivity contribution in [3.8, 4) is 11.6 Å². The molecule has 0 bridgehead atoms. The molecule has 7 nitrogen and oxygen atoms in total. The van der Waals surface area contributed by atoms with Crippen LogP contribution in [0.5, 0.6) is 11.6 Å². The smallest absolute Gasteiger partial charge is 0.219 e. The van der Waals surface area contributed by atoms with Crippen LogP contribution in [0.2, 0.25) is 0 Å². The fourth-order valence-electron chi connectivity index (χ4n) is 3.20. The van der Waals surface area contributed by atoms with Gasteiger partial charge in [-0.3, -0.25) is 0 Å². The maximum absolute atomic E-state index is 5.74. The largest absolute Gasteiger partial charge is 0.439 e. The summed E-state index contributed by atoms with van der Waals surface area (Å²) in [5.74, 6) is 2.12. The molecule has 0 aliphatic carbocycles. The van der Waals surface area contributed by atoms with Gasteiger partial charge in [-0.2, -0.15) is 5.10 Å². The molecule has 1 aromatic carbocycles. The number of nitrogens with one attached hydrogen (secondary N) is 1. The third kappa shape index (κ3) is 3.42. The first-order valence-corrected chi connectivity index (χ1v) is 10.3. The minimum absolute atomic E-state index is 0.574. The fraction of sp³-hybridized carbons (Fsp3) is 0.136. The van der Waals surface area contributed by atoms with Gasteiger partial charge in [0.1, 0.15) is 22.7 Å². The first-order chi connectivity index (χ1) is 14.7. The Morgan fingerprint density at radius 3 is 2.63 bits per heavy atom. The Hall–Kier alpha value is -3.65. The quantitative estimate of drug-likeness (QED) is 0.431. The summed E-state index contributed by atoms with van der Waals surface area (Å²) >= 11 is 1.56. The summed E-state index contributed by atoms with van der Waals surface area (Å²) in [6.45, 7) is 4.66. The lowest BCUT2D eigenvalue weighted by molar-refractivity contribution is 0.463. The van der Waals surface area contributed by atoms with Crippen LogP contribution >= 0.6 is 11.3 Å². The molecule has 0 fully saturated rings. The SMILES string of the molecule is Cc1nnc2sc3c(NCc4ccc(Oc5ccccn5)cc4)ncnc3c2c1C. The van der Waals surface area contributed by atoms with Gasteiger partial charge in [0.2, 0.25) is 5.88 Å². The number of fused-ring (bicyclic) bond motifs is 3. The van der Waals surface area contributed by atoms with Gasteiger partial charge in [0.25, 0.3) is 0 Å². The van der Waals surface area contributed by atoms with E-state index in [1.54, 1.807) is 23.9 Å². The molecule has 5 rings (SSSR count). The second kappa shape index (κ2) is 7.64. The molecule has 0 saturated heterocycles. The van der Waals surface area contributed by atoms with Crippen LogP contribution in [0.4, 0.5) is 5.82 Å². The second-order valence-electron chi connectivity index (χ2n) is 6.86. The highest BCUT2D eigenvalue weighted by Gasteiger charge is 2.15. The van der Waals surface area contributed by atoms with E-state index in [1.807, 2.05) is 49.4 Å². The molecule has 0 aliphatic rings. The van der Waals surface area contributed by atoms with Crippen molar-refractivity contribution in [2.24, 2.45) is 0 Å². The van der Waals surface area contributed by atoms with Crippen molar-refractivity contribution in [1.29, 1.82) is 0 Å². The summed E-state index contributed by atoms with van der Waals surface area (Å²) in [7, 11) is 0. The van der Waals surface area contributed by atoms with E-state index in [0.29, 0.717) is 12.4 Å². The zero-order valence-electron chi connectivity index (χ0n) is 16.5. The van der Waals surface area contributed by atoms with E-state index in [1.165, 1.54) is 0 Å². The predicted molar refractivity (Wildman–Crippen MR) is 118 cm³/mol. The molecule has 0 unspecified atom stereocenters. The number of ether oxygens (including phenoxy) is 1. The monoisotopic (exact) mass is 414 g/mol. The summed E-state index contributed by atoms with van der Waals surface area (Å²) in [6.07, 6.45) is 3.30. The van der Waals surface area contributed by atoms with E-state index in [9.17, 15) is 0 Å². The van der Waals surface area contributed by atoms with Gasteiger partial charge in [0.05, 0.1) is 15.9 Å². The molecule has 1 N–H and O–H groups in total. The highest BCUT2D eigenvalue weighted by Crippen LogP contribution is 2.36. The number of thiophene rings is 1. The van der Waals surface area contributed by atoms with Crippen molar-refractivity contribution in [3.05, 3.63) is 71.8 Å². The van der Waals surface area contributed by atoms with Crippen molar-refractivity contribution in [2.45, 2.75) is 20.4 Å². The first-order valence-electron chi connectivity index (χ1n) is 9.48. The summed E-state index contributed by atoms with van der Waals surface area (Å²) in [6, 6.07) is 13.5. The number of hydrogen-bond donors (Lipinski definition) is 1. The Morgan fingerprint density at radius 1 is 0.967 bits per heavy atom. The molecule has 0 spiro atoms. The van der Waals surface area contributed by atoms with Gasteiger partial charge in [-0.1, -0.05) is 18.2 Å². The Labute approximate surface area is 176 Å². The number of anilines is 1. The van der Waals surface area contributed by atoms with E-state index >= 15 is 0 Å². The van der Waals surface area contributed by atoms with Crippen LogP contribution in [-0.4, -0.2) is 25.1 Å². The zero-order valence-corrected chi connectivity index (χ0v) is 17.3. The van der Waals surface area contributed by atoms with Gasteiger partial charge in [-0.05, 0) is 43.2 Å². The molecule has 148 valence electrons. The average molecular weight is 414 g/mol. The van der Waals surface area contributed by atoms with Crippen molar-refractivity contribution in [3.63, 3.8) is 0 Å². The van der Waals surface area contributed by atoms with Crippen LogP contribution < -0.4 is 10.1 Å².